The van der Waals surface area contributed by atoms with Crippen molar-refractivity contribution in [2.24, 2.45) is 5.73 Å². The molecule has 0 bridgehead atoms. The maximum Gasteiger partial charge on any atom is 0.221 e. The fourth-order valence-electron chi connectivity index (χ4n) is 3.49. The van der Waals surface area contributed by atoms with Crippen molar-refractivity contribution in [2.75, 3.05) is 0 Å². The van der Waals surface area contributed by atoms with E-state index in [1.807, 2.05) is 44.2 Å². The summed E-state index contributed by atoms with van der Waals surface area (Å²) in [6.07, 6.45) is 2.80. The van der Waals surface area contributed by atoms with E-state index in [4.69, 9.17) is 15.5 Å². The molecule has 0 unspecified atom stereocenters. The van der Waals surface area contributed by atoms with E-state index in [1.54, 1.807) is 0 Å². The third-order valence-electron chi connectivity index (χ3n) is 4.80. The second-order valence-corrected chi connectivity index (χ2v) is 7.56. The lowest BCUT2D eigenvalue weighted by atomic mass is 9.99. The summed E-state index contributed by atoms with van der Waals surface area (Å²) in [5.74, 6) is 1.12. The van der Waals surface area contributed by atoms with Gasteiger partial charge in [0.25, 0.3) is 0 Å². The molecule has 0 radical (unpaired) electrons. The predicted molar refractivity (Wildman–Crippen MR) is 108 cm³/mol. The van der Waals surface area contributed by atoms with Gasteiger partial charge in [-0.3, -0.25) is 4.79 Å². The Kier molecular flexibility index (Phi) is 4.56. The summed E-state index contributed by atoms with van der Waals surface area (Å²) in [5, 5.41) is 1.17. The number of fused-ring (bicyclic) bond motifs is 1. The maximum absolute atomic E-state index is 11.3. The topological polar surface area (TPSA) is 65.2 Å². The summed E-state index contributed by atoms with van der Waals surface area (Å²) in [6.45, 7) is 4.04. The van der Waals surface area contributed by atoms with E-state index in [-0.39, 0.29) is 18.4 Å². The van der Waals surface area contributed by atoms with Gasteiger partial charge in [0.2, 0.25) is 5.91 Å². The number of nitrogens with two attached hydrogens (primary N) is 1. The molecule has 0 saturated heterocycles. The monoisotopic (exact) mass is 360 g/mol. The standard InChI is InChI=1S/C23H24N2O2/c1-14(2)27-18-5-3-4-17(12-18)21-13-20(16-7-8-16)19-9-6-15(11-23(24)26)10-22(19)25-21/h3-6,9-10,12-14,16H,7-8,11H2,1-2H3,(H2,24,26). The van der Waals surface area contributed by atoms with E-state index in [1.165, 1.54) is 23.8 Å². The number of carbonyl (C=O) groups is 1. The molecule has 2 aromatic carbocycles. The van der Waals surface area contributed by atoms with E-state index in [0.717, 1.165) is 28.1 Å². The number of pyridine rings is 1. The van der Waals surface area contributed by atoms with E-state index in [2.05, 4.69) is 18.2 Å². The molecule has 1 heterocycles. The quantitative estimate of drug-likeness (QED) is 0.699. The molecule has 4 rings (SSSR count). The Bertz CT molecular complexity index is 1010. The minimum atomic E-state index is -0.327. The molecular formula is C23H24N2O2. The van der Waals surface area contributed by atoms with Crippen molar-refractivity contribution in [3.05, 3.63) is 59.7 Å². The number of hydrogen-bond acceptors (Lipinski definition) is 3. The van der Waals surface area contributed by atoms with E-state index in [0.29, 0.717) is 5.92 Å². The van der Waals surface area contributed by atoms with Gasteiger partial charge in [0.15, 0.2) is 0 Å². The van der Waals surface area contributed by atoms with Crippen LogP contribution >= 0.6 is 0 Å². The third kappa shape index (κ3) is 3.95. The number of rotatable bonds is 6. The zero-order chi connectivity index (χ0) is 19.0. The van der Waals surface area contributed by atoms with Gasteiger partial charge in [-0.25, -0.2) is 4.98 Å². The molecule has 2 N–H and O–H groups in total. The molecule has 0 atom stereocenters. The number of nitrogens with zero attached hydrogens (tertiary/aromatic N) is 1. The second-order valence-electron chi connectivity index (χ2n) is 7.56. The molecule has 27 heavy (non-hydrogen) atoms. The highest BCUT2D eigenvalue weighted by Crippen LogP contribution is 2.44. The van der Waals surface area contributed by atoms with Crippen molar-refractivity contribution in [3.8, 4) is 17.0 Å². The molecule has 4 nitrogen and oxygen atoms in total. The van der Waals surface area contributed by atoms with Crippen molar-refractivity contribution in [2.45, 2.75) is 45.1 Å². The molecule has 4 heteroatoms. The van der Waals surface area contributed by atoms with Crippen molar-refractivity contribution < 1.29 is 9.53 Å². The maximum atomic E-state index is 11.3. The van der Waals surface area contributed by atoms with Crippen LogP contribution in [-0.2, 0) is 11.2 Å². The number of carbonyl (C=O) groups excluding carboxylic acids is 1. The van der Waals surface area contributed by atoms with Gasteiger partial charge in [-0.1, -0.05) is 24.3 Å². The van der Waals surface area contributed by atoms with E-state index in [9.17, 15) is 4.79 Å². The molecule has 1 aliphatic carbocycles. The van der Waals surface area contributed by atoms with Crippen molar-refractivity contribution in [1.29, 1.82) is 0 Å². The first-order valence-corrected chi connectivity index (χ1v) is 9.48. The Hall–Kier alpha value is -2.88. The Morgan fingerprint density at radius 3 is 2.70 bits per heavy atom. The summed E-state index contributed by atoms with van der Waals surface area (Å²) in [4.78, 5) is 16.2. The smallest absolute Gasteiger partial charge is 0.221 e. The van der Waals surface area contributed by atoms with Crippen LogP contribution in [0.15, 0.2) is 48.5 Å². The Morgan fingerprint density at radius 2 is 2.00 bits per heavy atom. The average molecular weight is 360 g/mol. The predicted octanol–water partition coefficient (Wildman–Crippen LogP) is 4.59. The third-order valence-corrected chi connectivity index (χ3v) is 4.80. The molecule has 1 fully saturated rings. The Balaban J connectivity index is 1.81. The second kappa shape index (κ2) is 7.03. The van der Waals surface area contributed by atoms with Gasteiger partial charge < -0.3 is 10.5 Å². The SMILES string of the molecule is CC(C)Oc1cccc(-c2cc(C3CC3)c3ccc(CC(N)=O)cc3n2)c1. The molecule has 138 valence electrons. The fraction of sp³-hybridized carbons (Fsp3) is 0.304. The van der Waals surface area contributed by atoms with Crippen LogP contribution in [-0.4, -0.2) is 17.0 Å². The van der Waals surface area contributed by atoms with Gasteiger partial charge in [0.05, 0.1) is 23.7 Å². The van der Waals surface area contributed by atoms with Crippen LogP contribution in [0.25, 0.3) is 22.2 Å². The first-order chi connectivity index (χ1) is 13.0. The van der Waals surface area contributed by atoms with Crippen LogP contribution in [0.2, 0.25) is 0 Å². The van der Waals surface area contributed by atoms with Crippen molar-refractivity contribution in [1.82, 2.24) is 4.98 Å². The van der Waals surface area contributed by atoms with Crippen LogP contribution in [0.3, 0.4) is 0 Å². The number of benzene rings is 2. The van der Waals surface area contributed by atoms with Gasteiger partial charge in [-0.15, -0.1) is 0 Å². The first kappa shape index (κ1) is 17.5. The highest BCUT2D eigenvalue weighted by Gasteiger charge is 2.26. The number of hydrogen-bond donors (Lipinski definition) is 1. The van der Waals surface area contributed by atoms with Crippen LogP contribution in [0, 0.1) is 0 Å². The lowest BCUT2D eigenvalue weighted by molar-refractivity contribution is -0.117. The Labute approximate surface area is 159 Å². The lowest BCUT2D eigenvalue weighted by Gasteiger charge is -2.13. The molecule has 1 saturated carbocycles. The normalized spacial score (nSPS) is 13.9. The molecule has 3 aromatic rings. The highest BCUT2D eigenvalue weighted by molar-refractivity contribution is 5.88. The van der Waals surface area contributed by atoms with Gasteiger partial charge in [0.1, 0.15) is 5.75 Å². The zero-order valence-corrected chi connectivity index (χ0v) is 15.7. The number of primary amides is 1. The summed E-state index contributed by atoms with van der Waals surface area (Å²) >= 11 is 0. The summed E-state index contributed by atoms with van der Waals surface area (Å²) in [6, 6.07) is 16.3. The van der Waals surface area contributed by atoms with Gasteiger partial charge in [-0.05, 0) is 68.0 Å². The minimum Gasteiger partial charge on any atom is -0.491 e. The average Bonchev–Trinajstić information content (AvgIpc) is 3.44. The van der Waals surface area contributed by atoms with Crippen LogP contribution < -0.4 is 10.5 Å². The molecule has 0 aliphatic heterocycles. The molecule has 1 aliphatic rings. The molecule has 1 amide bonds. The van der Waals surface area contributed by atoms with Crippen LogP contribution in [0.1, 0.15) is 43.7 Å². The number of aromatic nitrogens is 1. The lowest BCUT2D eigenvalue weighted by Crippen LogP contribution is -2.13. The van der Waals surface area contributed by atoms with Crippen LogP contribution in [0.5, 0.6) is 5.75 Å². The first-order valence-electron chi connectivity index (χ1n) is 9.48. The van der Waals surface area contributed by atoms with Gasteiger partial charge >= 0.3 is 0 Å². The Morgan fingerprint density at radius 1 is 1.19 bits per heavy atom. The molecule has 0 spiro atoms. The molecular weight excluding hydrogens is 336 g/mol. The summed E-state index contributed by atoms with van der Waals surface area (Å²) < 4.78 is 5.84. The van der Waals surface area contributed by atoms with Gasteiger partial charge in [0, 0.05) is 10.9 Å². The van der Waals surface area contributed by atoms with Crippen molar-refractivity contribution in [3.63, 3.8) is 0 Å². The van der Waals surface area contributed by atoms with Crippen LogP contribution in [0.4, 0.5) is 0 Å². The van der Waals surface area contributed by atoms with Gasteiger partial charge in [-0.2, -0.15) is 0 Å². The van der Waals surface area contributed by atoms with E-state index >= 15 is 0 Å². The zero-order valence-electron chi connectivity index (χ0n) is 15.7. The molecule has 1 aromatic heterocycles. The number of ether oxygens (including phenoxy) is 1. The fourth-order valence-corrected chi connectivity index (χ4v) is 3.49. The minimum absolute atomic E-state index is 0.128. The van der Waals surface area contributed by atoms with E-state index < -0.39 is 0 Å². The summed E-state index contributed by atoms with van der Waals surface area (Å²) in [7, 11) is 0. The largest absolute Gasteiger partial charge is 0.491 e. The summed E-state index contributed by atoms with van der Waals surface area (Å²) in [5.41, 5.74) is 10.5. The number of amides is 1. The highest BCUT2D eigenvalue weighted by atomic mass is 16.5. The van der Waals surface area contributed by atoms with Crippen molar-refractivity contribution >= 4 is 16.8 Å².